The Balaban J connectivity index is 2.22. The van der Waals surface area contributed by atoms with Gasteiger partial charge in [0.15, 0.2) is 0 Å². The molecule has 1 aliphatic heterocycles. The highest BCUT2D eigenvalue weighted by atomic mass is 16.6. The molecule has 1 heterocycles. The first-order valence-corrected chi connectivity index (χ1v) is 6.98. The van der Waals surface area contributed by atoms with E-state index >= 15 is 0 Å². The Morgan fingerprint density at radius 3 is 2.63 bits per heavy atom. The van der Waals surface area contributed by atoms with Crippen LogP contribution in [0.15, 0.2) is 0 Å². The Bertz CT molecular complexity index is 323. The number of rotatable bonds is 4. The topological polar surface area (TPSA) is 67.4 Å². The molecule has 2 atom stereocenters. The van der Waals surface area contributed by atoms with E-state index in [0.717, 1.165) is 25.8 Å². The molecule has 110 valence electrons. The fourth-order valence-electron chi connectivity index (χ4n) is 2.26. The Labute approximate surface area is 115 Å². The molecule has 2 N–H and O–H groups in total. The third kappa shape index (κ3) is 6.57. The number of carbonyl (C=O) groups excluding carboxylic acids is 2. The van der Waals surface area contributed by atoms with E-state index in [1.54, 1.807) is 6.92 Å². The third-order valence-electron chi connectivity index (χ3n) is 3.22. The Hall–Kier alpha value is -1.10. The van der Waals surface area contributed by atoms with Crippen LogP contribution in [0.25, 0.3) is 0 Å². The fourth-order valence-corrected chi connectivity index (χ4v) is 2.26. The lowest BCUT2D eigenvalue weighted by atomic mass is 9.88. The van der Waals surface area contributed by atoms with Gasteiger partial charge in [-0.15, -0.1) is 0 Å². The average Bonchev–Trinajstić information content (AvgIpc) is 2.27. The maximum absolute atomic E-state index is 11.5. The number of Topliss-reactive ketones (excluding diaryl/α,β-unsaturated/α-hetero) is 1. The summed E-state index contributed by atoms with van der Waals surface area (Å²) >= 11 is 0. The van der Waals surface area contributed by atoms with E-state index in [1.165, 1.54) is 0 Å². The number of hydrogen-bond acceptors (Lipinski definition) is 4. The predicted octanol–water partition coefficient (Wildman–Crippen LogP) is 1.86. The minimum Gasteiger partial charge on any atom is -0.444 e. The van der Waals surface area contributed by atoms with Crippen molar-refractivity contribution in [1.82, 2.24) is 10.6 Å². The van der Waals surface area contributed by atoms with Gasteiger partial charge < -0.3 is 15.4 Å². The number of hydrogen-bond donors (Lipinski definition) is 2. The molecular weight excluding hydrogens is 244 g/mol. The lowest BCUT2D eigenvalue weighted by molar-refractivity contribution is -0.119. The van der Waals surface area contributed by atoms with Crippen LogP contribution in [0.2, 0.25) is 0 Å². The predicted molar refractivity (Wildman–Crippen MR) is 74.0 cm³/mol. The van der Waals surface area contributed by atoms with E-state index in [2.05, 4.69) is 10.6 Å². The van der Waals surface area contributed by atoms with Gasteiger partial charge in [0.1, 0.15) is 11.4 Å². The van der Waals surface area contributed by atoms with Gasteiger partial charge in [-0.05, 0) is 59.4 Å². The third-order valence-corrected chi connectivity index (χ3v) is 3.22. The molecule has 0 spiro atoms. The van der Waals surface area contributed by atoms with Gasteiger partial charge in [-0.1, -0.05) is 0 Å². The highest BCUT2D eigenvalue weighted by Crippen LogP contribution is 2.19. The second kappa shape index (κ2) is 6.89. The molecule has 5 nitrogen and oxygen atoms in total. The minimum absolute atomic E-state index is 0.0136. The molecule has 5 heteroatoms. The smallest absolute Gasteiger partial charge is 0.407 e. The summed E-state index contributed by atoms with van der Waals surface area (Å²) in [5, 5.41) is 5.98. The summed E-state index contributed by atoms with van der Waals surface area (Å²) in [6.45, 7) is 8.63. The van der Waals surface area contributed by atoms with Crippen molar-refractivity contribution in [3.63, 3.8) is 0 Å². The second-order valence-electron chi connectivity index (χ2n) is 6.23. The molecule has 1 rings (SSSR count). The Morgan fingerprint density at radius 1 is 1.37 bits per heavy atom. The first kappa shape index (κ1) is 16.0. The molecule has 0 radical (unpaired) electrons. The zero-order valence-electron chi connectivity index (χ0n) is 12.4. The number of piperidine rings is 1. The maximum Gasteiger partial charge on any atom is 0.407 e. The molecule has 1 fully saturated rings. The van der Waals surface area contributed by atoms with Crippen LogP contribution < -0.4 is 10.6 Å². The molecule has 2 unspecified atom stereocenters. The van der Waals surface area contributed by atoms with E-state index in [-0.39, 0.29) is 17.9 Å². The first-order chi connectivity index (χ1) is 8.78. The Kier molecular flexibility index (Phi) is 5.79. The van der Waals surface area contributed by atoms with Crippen LogP contribution in [0.3, 0.4) is 0 Å². The number of alkyl carbamates (subject to hydrolysis) is 1. The van der Waals surface area contributed by atoms with Crippen LogP contribution in [0.1, 0.15) is 47.0 Å². The van der Waals surface area contributed by atoms with Crippen molar-refractivity contribution >= 4 is 11.9 Å². The second-order valence-corrected chi connectivity index (χ2v) is 6.23. The zero-order valence-corrected chi connectivity index (χ0v) is 12.4. The molecule has 0 aromatic rings. The molecule has 0 saturated carbocycles. The van der Waals surface area contributed by atoms with Gasteiger partial charge in [0.05, 0.1) is 6.04 Å². The summed E-state index contributed by atoms with van der Waals surface area (Å²) in [6, 6.07) is -0.0136. The molecule has 0 bridgehead atoms. The van der Waals surface area contributed by atoms with Crippen molar-refractivity contribution in [1.29, 1.82) is 0 Å². The first-order valence-electron chi connectivity index (χ1n) is 6.98. The van der Waals surface area contributed by atoms with Gasteiger partial charge in [0, 0.05) is 6.54 Å². The lowest BCUT2D eigenvalue weighted by Gasteiger charge is -2.29. The molecule has 0 aliphatic carbocycles. The minimum atomic E-state index is -0.460. The van der Waals surface area contributed by atoms with Crippen molar-refractivity contribution in [3.8, 4) is 0 Å². The standard InChI is InChI=1S/C14H26N2O3/c1-10(17)12-9-11(5-7-15-12)6-8-16-13(18)19-14(2,3)4/h11-12,15H,5-9H2,1-4H3,(H,16,18). The van der Waals surface area contributed by atoms with Crippen LogP contribution in [-0.2, 0) is 9.53 Å². The number of ketones is 1. The number of ether oxygens (including phenoxy) is 1. The van der Waals surface area contributed by atoms with Crippen LogP contribution in [0, 0.1) is 5.92 Å². The van der Waals surface area contributed by atoms with Crippen molar-refractivity contribution in [2.75, 3.05) is 13.1 Å². The highest BCUT2D eigenvalue weighted by molar-refractivity contribution is 5.81. The zero-order chi connectivity index (χ0) is 14.5. The summed E-state index contributed by atoms with van der Waals surface area (Å²) in [4.78, 5) is 22.8. The molecular formula is C14H26N2O3. The number of carbonyl (C=O) groups is 2. The van der Waals surface area contributed by atoms with Crippen LogP contribution >= 0.6 is 0 Å². The normalized spacial score (nSPS) is 23.8. The van der Waals surface area contributed by atoms with E-state index in [0.29, 0.717) is 12.5 Å². The number of nitrogens with one attached hydrogen (secondary N) is 2. The van der Waals surface area contributed by atoms with E-state index in [4.69, 9.17) is 4.74 Å². The molecule has 19 heavy (non-hydrogen) atoms. The highest BCUT2D eigenvalue weighted by Gasteiger charge is 2.24. The van der Waals surface area contributed by atoms with Crippen LogP contribution in [-0.4, -0.2) is 36.6 Å². The fraction of sp³-hybridized carbons (Fsp3) is 0.857. The largest absolute Gasteiger partial charge is 0.444 e. The van der Waals surface area contributed by atoms with Crippen molar-refractivity contribution in [2.24, 2.45) is 5.92 Å². The summed E-state index contributed by atoms with van der Waals surface area (Å²) in [5.74, 6) is 0.690. The maximum atomic E-state index is 11.5. The van der Waals surface area contributed by atoms with E-state index in [9.17, 15) is 9.59 Å². The van der Waals surface area contributed by atoms with Gasteiger partial charge in [0.2, 0.25) is 0 Å². The van der Waals surface area contributed by atoms with Gasteiger partial charge in [-0.3, -0.25) is 4.79 Å². The van der Waals surface area contributed by atoms with Gasteiger partial charge >= 0.3 is 6.09 Å². The van der Waals surface area contributed by atoms with E-state index < -0.39 is 5.60 Å². The van der Waals surface area contributed by atoms with Crippen molar-refractivity contribution in [3.05, 3.63) is 0 Å². The molecule has 1 amide bonds. The van der Waals surface area contributed by atoms with Crippen LogP contribution in [0.5, 0.6) is 0 Å². The summed E-state index contributed by atoms with van der Waals surface area (Å²) < 4.78 is 5.17. The van der Waals surface area contributed by atoms with E-state index in [1.807, 2.05) is 20.8 Å². The Morgan fingerprint density at radius 2 is 2.05 bits per heavy atom. The van der Waals surface area contributed by atoms with Crippen molar-refractivity contribution < 1.29 is 14.3 Å². The lowest BCUT2D eigenvalue weighted by Crippen LogP contribution is -2.43. The van der Waals surface area contributed by atoms with Gasteiger partial charge in [-0.25, -0.2) is 4.79 Å². The molecule has 1 saturated heterocycles. The molecule has 1 aliphatic rings. The SMILES string of the molecule is CC(=O)C1CC(CCNC(=O)OC(C)(C)C)CCN1. The quantitative estimate of drug-likeness (QED) is 0.818. The van der Waals surface area contributed by atoms with Crippen LogP contribution in [0.4, 0.5) is 4.79 Å². The van der Waals surface area contributed by atoms with Crippen molar-refractivity contribution in [2.45, 2.75) is 58.6 Å². The monoisotopic (exact) mass is 270 g/mol. The van der Waals surface area contributed by atoms with Gasteiger partial charge in [-0.2, -0.15) is 0 Å². The summed E-state index contributed by atoms with van der Waals surface area (Å²) in [5.41, 5.74) is -0.460. The molecule has 0 aromatic carbocycles. The summed E-state index contributed by atoms with van der Waals surface area (Å²) in [6.07, 6.45) is 2.44. The number of amides is 1. The average molecular weight is 270 g/mol. The molecule has 0 aromatic heterocycles. The summed E-state index contributed by atoms with van der Waals surface area (Å²) in [7, 11) is 0. The van der Waals surface area contributed by atoms with Gasteiger partial charge in [0.25, 0.3) is 0 Å².